The molecule has 1 aromatic carbocycles. The Kier molecular flexibility index (Phi) is 4.47. The molecular weight excluding hydrogens is 290 g/mol. The van der Waals surface area contributed by atoms with E-state index in [-0.39, 0.29) is 16.2 Å². The van der Waals surface area contributed by atoms with Gasteiger partial charge in [0.1, 0.15) is 4.90 Å². The van der Waals surface area contributed by atoms with Gasteiger partial charge >= 0.3 is 0 Å². The van der Waals surface area contributed by atoms with Gasteiger partial charge < -0.3 is 10.1 Å². The average Bonchev–Trinajstić information content (AvgIpc) is 2.24. The second kappa shape index (κ2) is 5.38. The minimum absolute atomic E-state index is 0.0562. The van der Waals surface area contributed by atoms with Crippen LogP contribution in [0.4, 0.5) is 0 Å². The van der Waals surface area contributed by atoms with Crippen molar-refractivity contribution in [3.8, 4) is 5.75 Å². The first-order valence-electron chi connectivity index (χ1n) is 5.50. The standard InChI is InChI=1S/C12H16ClNO4S/c1-12(2,3)14-11(15)8-6-5-7-9(10(8)18-4)19(13,16)17/h5-7H,1-4H3,(H,14,15). The fraction of sp³-hybridized carbons (Fsp3) is 0.417. The maximum Gasteiger partial charge on any atom is 0.265 e. The van der Waals surface area contributed by atoms with Gasteiger partial charge in [-0.1, -0.05) is 6.07 Å². The number of para-hydroxylation sites is 1. The molecule has 0 fully saturated rings. The molecule has 0 atom stereocenters. The van der Waals surface area contributed by atoms with Crippen molar-refractivity contribution in [2.75, 3.05) is 7.11 Å². The summed E-state index contributed by atoms with van der Waals surface area (Å²) in [5.74, 6) is -0.481. The van der Waals surface area contributed by atoms with Gasteiger partial charge in [0.15, 0.2) is 5.75 Å². The summed E-state index contributed by atoms with van der Waals surface area (Å²) in [6, 6.07) is 4.20. The molecule has 1 amide bonds. The lowest BCUT2D eigenvalue weighted by atomic mass is 10.1. The number of carbonyl (C=O) groups is 1. The van der Waals surface area contributed by atoms with Crippen molar-refractivity contribution in [3.05, 3.63) is 23.8 Å². The van der Waals surface area contributed by atoms with Gasteiger partial charge in [-0.2, -0.15) is 0 Å². The number of hydrogen-bond acceptors (Lipinski definition) is 4. The molecule has 0 aliphatic carbocycles. The number of carbonyl (C=O) groups excluding carboxylic acids is 1. The van der Waals surface area contributed by atoms with Gasteiger partial charge in [0.25, 0.3) is 15.0 Å². The predicted octanol–water partition coefficient (Wildman–Crippen LogP) is 2.15. The maximum absolute atomic E-state index is 12.1. The van der Waals surface area contributed by atoms with E-state index in [1.165, 1.54) is 25.3 Å². The van der Waals surface area contributed by atoms with Crippen molar-refractivity contribution in [1.82, 2.24) is 5.32 Å². The highest BCUT2D eigenvalue weighted by molar-refractivity contribution is 8.13. The smallest absolute Gasteiger partial charge is 0.265 e. The van der Waals surface area contributed by atoms with Crippen LogP contribution in [0.3, 0.4) is 0 Å². The molecule has 0 saturated carbocycles. The Morgan fingerprint density at radius 2 is 1.89 bits per heavy atom. The number of benzene rings is 1. The number of halogens is 1. The van der Waals surface area contributed by atoms with Crippen molar-refractivity contribution in [2.24, 2.45) is 0 Å². The highest BCUT2D eigenvalue weighted by atomic mass is 35.7. The topological polar surface area (TPSA) is 72.5 Å². The van der Waals surface area contributed by atoms with E-state index in [0.29, 0.717) is 0 Å². The van der Waals surface area contributed by atoms with Crippen LogP contribution in [0.25, 0.3) is 0 Å². The first-order valence-corrected chi connectivity index (χ1v) is 7.81. The minimum atomic E-state index is -3.98. The van der Waals surface area contributed by atoms with Crippen LogP contribution < -0.4 is 10.1 Å². The third kappa shape index (κ3) is 4.11. The molecule has 7 heteroatoms. The molecule has 1 aromatic rings. The van der Waals surface area contributed by atoms with Gasteiger partial charge in [0.05, 0.1) is 12.7 Å². The summed E-state index contributed by atoms with van der Waals surface area (Å²) in [5.41, 5.74) is -0.322. The number of nitrogens with one attached hydrogen (secondary N) is 1. The van der Waals surface area contributed by atoms with E-state index in [9.17, 15) is 13.2 Å². The fourth-order valence-corrected chi connectivity index (χ4v) is 2.53. The van der Waals surface area contributed by atoms with E-state index in [1.54, 1.807) is 0 Å². The van der Waals surface area contributed by atoms with Gasteiger partial charge in [-0.25, -0.2) is 8.42 Å². The third-order valence-electron chi connectivity index (χ3n) is 2.18. The van der Waals surface area contributed by atoms with Gasteiger partial charge in [0.2, 0.25) is 0 Å². The van der Waals surface area contributed by atoms with Crippen LogP contribution in [0.2, 0.25) is 0 Å². The van der Waals surface area contributed by atoms with Crippen LogP contribution in [0, 0.1) is 0 Å². The highest BCUT2D eigenvalue weighted by Crippen LogP contribution is 2.30. The average molecular weight is 306 g/mol. The Morgan fingerprint density at radius 1 is 1.32 bits per heavy atom. The molecule has 0 heterocycles. The van der Waals surface area contributed by atoms with E-state index < -0.39 is 20.5 Å². The summed E-state index contributed by atoms with van der Waals surface area (Å²) in [6.07, 6.45) is 0. The molecule has 0 unspecified atom stereocenters. The van der Waals surface area contributed by atoms with E-state index in [0.717, 1.165) is 0 Å². The van der Waals surface area contributed by atoms with Crippen molar-refractivity contribution >= 4 is 25.6 Å². The predicted molar refractivity (Wildman–Crippen MR) is 73.3 cm³/mol. The summed E-state index contributed by atoms with van der Waals surface area (Å²) in [5, 5.41) is 2.73. The van der Waals surface area contributed by atoms with Crippen LogP contribution >= 0.6 is 10.7 Å². The zero-order chi connectivity index (χ0) is 14.8. The lowest BCUT2D eigenvalue weighted by molar-refractivity contribution is 0.0916. The van der Waals surface area contributed by atoms with E-state index in [1.807, 2.05) is 20.8 Å². The normalized spacial score (nSPS) is 12.1. The second-order valence-corrected chi connectivity index (χ2v) is 7.51. The quantitative estimate of drug-likeness (QED) is 0.869. The molecule has 0 spiro atoms. The SMILES string of the molecule is COc1c(C(=O)NC(C)(C)C)cccc1S(=O)(=O)Cl. The third-order valence-corrected chi connectivity index (χ3v) is 3.52. The minimum Gasteiger partial charge on any atom is -0.494 e. The van der Waals surface area contributed by atoms with Crippen LogP contribution in [0.5, 0.6) is 5.75 Å². The van der Waals surface area contributed by atoms with E-state index >= 15 is 0 Å². The van der Waals surface area contributed by atoms with E-state index in [2.05, 4.69) is 5.32 Å². The summed E-state index contributed by atoms with van der Waals surface area (Å²) in [6.45, 7) is 5.46. The zero-order valence-electron chi connectivity index (χ0n) is 11.2. The molecule has 0 aliphatic rings. The molecule has 19 heavy (non-hydrogen) atoms. The molecule has 0 saturated heterocycles. The molecule has 0 aromatic heterocycles. The maximum atomic E-state index is 12.1. The molecule has 1 rings (SSSR count). The number of rotatable bonds is 3. The Morgan fingerprint density at radius 3 is 2.32 bits per heavy atom. The molecule has 5 nitrogen and oxygen atoms in total. The van der Waals surface area contributed by atoms with Crippen molar-refractivity contribution in [3.63, 3.8) is 0 Å². The molecule has 0 bridgehead atoms. The first kappa shape index (κ1) is 15.8. The lowest BCUT2D eigenvalue weighted by Gasteiger charge is -2.21. The molecular formula is C12H16ClNO4S. The van der Waals surface area contributed by atoms with Crippen molar-refractivity contribution < 1.29 is 17.9 Å². The number of methoxy groups -OCH3 is 1. The van der Waals surface area contributed by atoms with Crippen molar-refractivity contribution in [2.45, 2.75) is 31.2 Å². The Labute approximate surface area is 117 Å². The summed E-state index contributed by atoms with van der Waals surface area (Å²) in [4.78, 5) is 11.9. The summed E-state index contributed by atoms with van der Waals surface area (Å²) >= 11 is 0. The lowest BCUT2D eigenvalue weighted by Crippen LogP contribution is -2.40. The summed E-state index contributed by atoms with van der Waals surface area (Å²) in [7, 11) is 2.62. The molecule has 0 radical (unpaired) electrons. The zero-order valence-corrected chi connectivity index (χ0v) is 12.7. The monoisotopic (exact) mass is 305 g/mol. The second-order valence-electron chi connectivity index (χ2n) is 4.98. The summed E-state index contributed by atoms with van der Waals surface area (Å²) < 4.78 is 27.9. The van der Waals surface area contributed by atoms with Crippen LogP contribution in [-0.4, -0.2) is 27.0 Å². The van der Waals surface area contributed by atoms with Gasteiger partial charge in [-0.15, -0.1) is 0 Å². The van der Waals surface area contributed by atoms with Crippen LogP contribution in [-0.2, 0) is 9.05 Å². The van der Waals surface area contributed by atoms with Crippen LogP contribution in [0.15, 0.2) is 23.1 Å². The van der Waals surface area contributed by atoms with Crippen molar-refractivity contribution in [1.29, 1.82) is 0 Å². The molecule has 0 aliphatic heterocycles. The number of amides is 1. The molecule has 1 N–H and O–H groups in total. The molecule has 106 valence electrons. The van der Waals surface area contributed by atoms with E-state index in [4.69, 9.17) is 15.4 Å². The van der Waals surface area contributed by atoms with Gasteiger partial charge in [-0.05, 0) is 32.9 Å². The van der Waals surface area contributed by atoms with Gasteiger partial charge in [0, 0.05) is 16.2 Å². The highest BCUT2D eigenvalue weighted by Gasteiger charge is 2.24. The Hall–Kier alpha value is -1.27. The number of hydrogen-bond donors (Lipinski definition) is 1. The fourth-order valence-electron chi connectivity index (χ4n) is 1.51. The van der Waals surface area contributed by atoms with Gasteiger partial charge in [-0.3, -0.25) is 4.79 Å². The Bertz CT molecular complexity index is 590. The largest absolute Gasteiger partial charge is 0.494 e. The first-order chi connectivity index (χ1) is 8.56. The van der Waals surface area contributed by atoms with Crippen LogP contribution in [0.1, 0.15) is 31.1 Å². The number of ether oxygens (including phenoxy) is 1. The Balaban J connectivity index is 3.34.